The average Bonchev–Trinajstić information content (AvgIpc) is 3.52. The molecule has 0 radical (unpaired) electrons. The zero-order valence-electron chi connectivity index (χ0n) is 18.6. The van der Waals surface area contributed by atoms with E-state index in [1.54, 1.807) is 18.3 Å². The summed E-state index contributed by atoms with van der Waals surface area (Å²) in [7, 11) is 0. The molecule has 0 unspecified atom stereocenters. The zero-order chi connectivity index (χ0) is 23.5. The number of carboxylic acid groups (broad SMARTS) is 1. The van der Waals surface area contributed by atoms with Crippen LogP contribution >= 0.6 is 0 Å². The van der Waals surface area contributed by atoms with Crippen molar-refractivity contribution in [2.24, 2.45) is 0 Å². The number of carboxylic acids is 1. The van der Waals surface area contributed by atoms with Crippen molar-refractivity contribution in [2.75, 3.05) is 0 Å². The van der Waals surface area contributed by atoms with Gasteiger partial charge in [-0.15, -0.1) is 10.2 Å². The van der Waals surface area contributed by atoms with Crippen LogP contribution in [0.5, 0.6) is 0 Å². The molecule has 0 saturated heterocycles. The molecule has 0 fully saturated rings. The van der Waals surface area contributed by atoms with Crippen molar-refractivity contribution in [2.45, 2.75) is 32.7 Å². The third-order valence-corrected chi connectivity index (χ3v) is 5.89. The Balaban J connectivity index is 1.52. The molecule has 2 aromatic carbocycles. The lowest BCUT2D eigenvalue weighted by Crippen LogP contribution is -2.08. The van der Waals surface area contributed by atoms with Gasteiger partial charge in [-0.3, -0.25) is 0 Å². The SMILES string of the molecule is CCCCc1cc2cccc(C(=O)O)c2n1Cc1ccc(-c2ncncc2-c2nn[nH]n2)cc1. The number of hydrogen-bond acceptors (Lipinski definition) is 6. The van der Waals surface area contributed by atoms with Crippen LogP contribution in [0.3, 0.4) is 0 Å². The quantitative estimate of drug-likeness (QED) is 0.358. The second-order valence-electron chi connectivity index (χ2n) is 8.09. The lowest BCUT2D eigenvalue weighted by Gasteiger charge is -2.13. The van der Waals surface area contributed by atoms with Crippen LogP contribution < -0.4 is 0 Å². The Bertz CT molecular complexity index is 1440. The maximum Gasteiger partial charge on any atom is 0.337 e. The van der Waals surface area contributed by atoms with Gasteiger partial charge in [0, 0.05) is 29.4 Å². The van der Waals surface area contributed by atoms with Crippen molar-refractivity contribution in [3.05, 3.63) is 77.9 Å². The number of nitrogens with one attached hydrogen (secondary N) is 1. The number of carbonyl (C=O) groups is 1. The molecular formula is C25H23N7O2. The number of unbranched alkanes of at least 4 members (excludes halogenated alkanes) is 1. The highest BCUT2D eigenvalue weighted by Gasteiger charge is 2.17. The monoisotopic (exact) mass is 453 g/mol. The number of para-hydroxylation sites is 1. The van der Waals surface area contributed by atoms with Crippen molar-refractivity contribution in [3.63, 3.8) is 0 Å². The fraction of sp³-hybridized carbons (Fsp3) is 0.200. The summed E-state index contributed by atoms with van der Waals surface area (Å²) in [6.07, 6.45) is 6.18. The largest absolute Gasteiger partial charge is 0.478 e. The highest BCUT2D eigenvalue weighted by molar-refractivity contribution is 6.02. The van der Waals surface area contributed by atoms with Crippen molar-refractivity contribution in [3.8, 4) is 22.6 Å². The molecule has 0 atom stereocenters. The molecule has 3 heterocycles. The molecule has 9 nitrogen and oxygen atoms in total. The molecule has 2 N–H and O–H groups in total. The Morgan fingerprint density at radius 1 is 1.15 bits per heavy atom. The van der Waals surface area contributed by atoms with Crippen LogP contribution in [0.25, 0.3) is 33.5 Å². The molecule has 34 heavy (non-hydrogen) atoms. The van der Waals surface area contributed by atoms with Gasteiger partial charge in [0.25, 0.3) is 0 Å². The molecule has 0 bridgehead atoms. The number of hydrogen-bond donors (Lipinski definition) is 2. The smallest absolute Gasteiger partial charge is 0.337 e. The minimum absolute atomic E-state index is 0.322. The van der Waals surface area contributed by atoms with Gasteiger partial charge in [-0.25, -0.2) is 14.8 Å². The van der Waals surface area contributed by atoms with E-state index in [0.717, 1.165) is 47.0 Å². The molecule has 0 aliphatic rings. The highest BCUT2D eigenvalue weighted by Crippen LogP contribution is 2.29. The van der Waals surface area contributed by atoms with Gasteiger partial charge >= 0.3 is 5.97 Å². The van der Waals surface area contributed by atoms with E-state index < -0.39 is 5.97 Å². The van der Waals surface area contributed by atoms with Gasteiger partial charge in [0.1, 0.15) is 6.33 Å². The van der Waals surface area contributed by atoms with Crippen molar-refractivity contribution < 1.29 is 9.90 Å². The number of nitrogens with zero attached hydrogens (tertiary/aromatic N) is 6. The van der Waals surface area contributed by atoms with Gasteiger partial charge in [-0.2, -0.15) is 5.21 Å². The zero-order valence-corrected chi connectivity index (χ0v) is 18.6. The maximum atomic E-state index is 11.9. The normalized spacial score (nSPS) is 11.2. The van der Waals surface area contributed by atoms with E-state index in [9.17, 15) is 9.90 Å². The molecule has 170 valence electrons. The second-order valence-corrected chi connectivity index (χ2v) is 8.09. The van der Waals surface area contributed by atoms with Gasteiger partial charge in [0.05, 0.1) is 22.3 Å². The average molecular weight is 454 g/mol. The lowest BCUT2D eigenvalue weighted by molar-refractivity contribution is 0.0698. The number of rotatable bonds is 8. The van der Waals surface area contributed by atoms with Crippen LogP contribution in [-0.4, -0.2) is 46.2 Å². The van der Waals surface area contributed by atoms with Gasteiger partial charge < -0.3 is 9.67 Å². The summed E-state index contributed by atoms with van der Waals surface area (Å²) in [5, 5.41) is 24.9. The van der Waals surface area contributed by atoms with E-state index in [1.807, 2.05) is 30.3 Å². The molecular weight excluding hydrogens is 430 g/mol. The molecule has 0 aliphatic heterocycles. The summed E-state index contributed by atoms with van der Waals surface area (Å²) in [5.74, 6) is -0.486. The van der Waals surface area contributed by atoms with E-state index >= 15 is 0 Å². The number of aromatic carboxylic acids is 1. The number of aryl methyl sites for hydroxylation is 1. The number of H-pyrrole nitrogens is 1. The number of benzene rings is 2. The molecule has 0 saturated carbocycles. The minimum Gasteiger partial charge on any atom is -0.478 e. The van der Waals surface area contributed by atoms with Gasteiger partial charge in [-0.05, 0) is 35.8 Å². The van der Waals surface area contributed by atoms with Crippen LogP contribution in [-0.2, 0) is 13.0 Å². The molecule has 0 aliphatic carbocycles. The summed E-state index contributed by atoms with van der Waals surface area (Å²) in [6.45, 7) is 2.74. The Labute approximate surface area is 195 Å². The summed E-state index contributed by atoms with van der Waals surface area (Å²) >= 11 is 0. The molecule has 5 aromatic rings. The van der Waals surface area contributed by atoms with Crippen molar-refractivity contribution >= 4 is 16.9 Å². The first kappa shape index (κ1) is 21.4. The Kier molecular flexibility index (Phi) is 5.82. The van der Waals surface area contributed by atoms with Gasteiger partial charge in [0.15, 0.2) is 0 Å². The van der Waals surface area contributed by atoms with Crippen LogP contribution in [0.2, 0.25) is 0 Å². The molecule has 0 amide bonds. The summed E-state index contributed by atoms with van der Waals surface area (Å²) in [6, 6.07) is 15.6. The van der Waals surface area contributed by atoms with Gasteiger partial charge in [0.2, 0.25) is 5.82 Å². The molecule has 3 aromatic heterocycles. The number of tetrazole rings is 1. The fourth-order valence-electron chi connectivity index (χ4n) is 4.25. The van der Waals surface area contributed by atoms with Crippen LogP contribution in [0, 0.1) is 0 Å². The Morgan fingerprint density at radius 2 is 2.00 bits per heavy atom. The van der Waals surface area contributed by atoms with E-state index in [2.05, 4.69) is 48.1 Å². The first-order chi connectivity index (χ1) is 16.7. The first-order valence-electron chi connectivity index (χ1n) is 11.1. The Morgan fingerprint density at radius 3 is 2.74 bits per heavy atom. The van der Waals surface area contributed by atoms with Crippen molar-refractivity contribution in [1.82, 2.24) is 35.2 Å². The molecule has 5 rings (SSSR count). The number of aromatic nitrogens is 7. The van der Waals surface area contributed by atoms with E-state index in [-0.39, 0.29) is 0 Å². The second kappa shape index (κ2) is 9.22. The van der Waals surface area contributed by atoms with Crippen molar-refractivity contribution in [1.29, 1.82) is 0 Å². The standard InChI is InChI=1S/C25H23N7O2/c1-2-3-6-19-12-18-5-4-7-20(25(33)34)23(18)32(19)14-16-8-10-17(11-9-16)22-21(13-26-15-27-22)24-28-30-31-29-24/h4-5,7-13,15H,2-3,6,14H2,1H3,(H,33,34)(H,28,29,30,31). The lowest BCUT2D eigenvalue weighted by atomic mass is 10.0. The van der Waals surface area contributed by atoms with E-state index in [4.69, 9.17) is 0 Å². The Hall–Kier alpha value is -4.40. The molecule has 0 spiro atoms. The summed E-state index contributed by atoms with van der Waals surface area (Å²) < 4.78 is 2.14. The van der Waals surface area contributed by atoms with Crippen LogP contribution in [0.1, 0.15) is 41.4 Å². The predicted molar refractivity (Wildman–Crippen MR) is 127 cm³/mol. The first-order valence-corrected chi connectivity index (χ1v) is 11.1. The van der Waals surface area contributed by atoms with Crippen LogP contribution in [0.4, 0.5) is 0 Å². The third kappa shape index (κ3) is 4.03. The number of fused-ring (bicyclic) bond motifs is 1. The summed E-state index contributed by atoms with van der Waals surface area (Å²) in [4.78, 5) is 20.5. The van der Waals surface area contributed by atoms with Crippen LogP contribution in [0.15, 0.2) is 61.1 Å². The molecule has 9 heteroatoms. The fourth-order valence-corrected chi connectivity index (χ4v) is 4.25. The summed E-state index contributed by atoms with van der Waals surface area (Å²) in [5.41, 5.74) is 5.60. The maximum absolute atomic E-state index is 11.9. The minimum atomic E-state index is -0.917. The predicted octanol–water partition coefficient (Wildman–Crippen LogP) is 4.37. The third-order valence-electron chi connectivity index (χ3n) is 5.89. The number of aromatic amines is 1. The van der Waals surface area contributed by atoms with E-state index in [1.165, 1.54) is 6.33 Å². The van der Waals surface area contributed by atoms with E-state index in [0.29, 0.717) is 29.2 Å². The highest BCUT2D eigenvalue weighted by atomic mass is 16.4. The topological polar surface area (TPSA) is 122 Å². The van der Waals surface area contributed by atoms with Gasteiger partial charge in [-0.1, -0.05) is 49.7 Å².